The molecule has 0 saturated carbocycles. The monoisotopic (exact) mass is 246 g/mol. The number of halogens is 2. The largest absolute Gasteiger partial charge is 0.492 e. The Hall–Kier alpha value is -0.400. The maximum absolute atomic E-state index is 5.84. The summed E-state index contributed by atoms with van der Waals surface area (Å²) in [6.07, 6.45) is 2.27. The zero-order chi connectivity index (χ0) is 11.1. The van der Waals surface area contributed by atoms with Gasteiger partial charge in [0.25, 0.3) is 0 Å². The number of aryl methyl sites for hydroxylation is 1. The summed E-state index contributed by atoms with van der Waals surface area (Å²) >= 11 is 11.4. The molecule has 0 saturated heterocycles. The van der Waals surface area contributed by atoms with Gasteiger partial charge in [0.05, 0.1) is 5.38 Å². The number of hydrogen-bond acceptors (Lipinski definition) is 1. The molecule has 84 valence electrons. The lowest BCUT2D eigenvalue weighted by Gasteiger charge is -2.09. The van der Waals surface area contributed by atoms with Gasteiger partial charge in [-0.15, -0.1) is 23.2 Å². The van der Waals surface area contributed by atoms with Gasteiger partial charge >= 0.3 is 0 Å². The van der Waals surface area contributed by atoms with Crippen LogP contribution in [0.2, 0.25) is 0 Å². The fraction of sp³-hybridized carbons (Fsp3) is 0.500. The molecule has 0 N–H and O–H groups in total. The van der Waals surface area contributed by atoms with Gasteiger partial charge < -0.3 is 4.74 Å². The summed E-state index contributed by atoms with van der Waals surface area (Å²) < 4.78 is 5.48. The van der Waals surface area contributed by atoms with Gasteiger partial charge in [-0.25, -0.2) is 0 Å². The van der Waals surface area contributed by atoms with Gasteiger partial charge in [0, 0.05) is 5.88 Å². The first-order valence-corrected chi connectivity index (χ1v) is 6.15. The maximum atomic E-state index is 5.84. The van der Waals surface area contributed by atoms with Crippen molar-refractivity contribution >= 4 is 23.2 Å². The van der Waals surface area contributed by atoms with Crippen molar-refractivity contribution in [2.75, 3.05) is 12.5 Å². The Bertz CT molecular complexity index is 271. The molecule has 0 spiro atoms. The van der Waals surface area contributed by atoms with E-state index in [1.54, 1.807) is 0 Å². The number of alkyl halides is 2. The lowest BCUT2D eigenvalue weighted by atomic mass is 10.1. The molecule has 1 rings (SSSR count). The average molecular weight is 247 g/mol. The fourth-order valence-electron chi connectivity index (χ4n) is 1.27. The van der Waals surface area contributed by atoms with E-state index in [4.69, 9.17) is 27.9 Å². The lowest BCUT2D eigenvalue weighted by Crippen LogP contribution is -2.12. The Morgan fingerprint density at radius 2 is 1.93 bits per heavy atom. The first-order chi connectivity index (χ1) is 7.26. The van der Waals surface area contributed by atoms with Crippen LogP contribution in [0.4, 0.5) is 0 Å². The van der Waals surface area contributed by atoms with E-state index in [0.717, 1.165) is 18.6 Å². The average Bonchev–Trinajstić information content (AvgIpc) is 2.28. The third kappa shape index (κ3) is 4.76. The summed E-state index contributed by atoms with van der Waals surface area (Å²) in [6.45, 7) is 2.63. The lowest BCUT2D eigenvalue weighted by molar-refractivity contribution is 0.321. The summed E-state index contributed by atoms with van der Waals surface area (Å²) in [4.78, 5) is 0. The van der Waals surface area contributed by atoms with Crippen molar-refractivity contribution < 1.29 is 4.74 Å². The van der Waals surface area contributed by atoms with Crippen LogP contribution in [-0.2, 0) is 6.42 Å². The molecule has 0 amide bonds. The van der Waals surface area contributed by atoms with Crippen molar-refractivity contribution in [1.82, 2.24) is 0 Å². The SMILES string of the molecule is CCCc1ccc(OCC(Cl)CCl)cc1. The number of ether oxygens (including phenoxy) is 1. The second-order valence-electron chi connectivity index (χ2n) is 3.46. The van der Waals surface area contributed by atoms with E-state index in [1.807, 2.05) is 12.1 Å². The predicted octanol–water partition coefficient (Wildman–Crippen LogP) is 3.86. The minimum atomic E-state index is -0.123. The zero-order valence-corrected chi connectivity index (χ0v) is 10.4. The van der Waals surface area contributed by atoms with Crippen LogP contribution in [0.1, 0.15) is 18.9 Å². The second kappa shape index (κ2) is 6.97. The molecule has 1 atom stereocenters. The van der Waals surface area contributed by atoms with Crippen LogP contribution in [0, 0.1) is 0 Å². The van der Waals surface area contributed by atoms with E-state index in [1.165, 1.54) is 5.56 Å². The van der Waals surface area contributed by atoms with E-state index in [2.05, 4.69) is 19.1 Å². The molecule has 0 aliphatic heterocycles. The number of hydrogen-bond donors (Lipinski definition) is 0. The smallest absolute Gasteiger partial charge is 0.119 e. The molecule has 0 bridgehead atoms. The number of benzene rings is 1. The van der Waals surface area contributed by atoms with E-state index < -0.39 is 0 Å². The van der Waals surface area contributed by atoms with Crippen molar-refractivity contribution in [1.29, 1.82) is 0 Å². The van der Waals surface area contributed by atoms with E-state index in [0.29, 0.717) is 12.5 Å². The van der Waals surface area contributed by atoms with Gasteiger partial charge in [0.1, 0.15) is 12.4 Å². The number of rotatable bonds is 6. The van der Waals surface area contributed by atoms with Gasteiger partial charge in [0.15, 0.2) is 0 Å². The van der Waals surface area contributed by atoms with Crippen LogP contribution in [0.5, 0.6) is 5.75 Å². The van der Waals surface area contributed by atoms with Gasteiger partial charge in [0.2, 0.25) is 0 Å². The van der Waals surface area contributed by atoms with Crippen LogP contribution in [-0.4, -0.2) is 17.9 Å². The molecule has 0 heterocycles. The van der Waals surface area contributed by atoms with Crippen LogP contribution in [0.25, 0.3) is 0 Å². The van der Waals surface area contributed by atoms with E-state index in [-0.39, 0.29) is 5.38 Å². The first kappa shape index (κ1) is 12.7. The quantitative estimate of drug-likeness (QED) is 0.693. The molecule has 3 heteroatoms. The fourth-order valence-corrected chi connectivity index (χ4v) is 1.42. The van der Waals surface area contributed by atoms with E-state index >= 15 is 0 Å². The van der Waals surface area contributed by atoms with Gasteiger partial charge in [-0.05, 0) is 24.1 Å². The molecular weight excluding hydrogens is 231 g/mol. The molecule has 0 radical (unpaired) electrons. The van der Waals surface area contributed by atoms with Crippen molar-refractivity contribution in [2.24, 2.45) is 0 Å². The van der Waals surface area contributed by atoms with Gasteiger partial charge in [-0.3, -0.25) is 0 Å². The molecule has 1 nitrogen and oxygen atoms in total. The summed E-state index contributed by atoms with van der Waals surface area (Å²) in [7, 11) is 0. The normalized spacial score (nSPS) is 12.5. The highest BCUT2D eigenvalue weighted by molar-refractivity contribution is 6.28. The van der Waals surface area contributed by atoms with Crippen LogP contribution in [0.3, 0.4) is 0 Å². The highest BCUT2D eigenvalue weighted by Gasteiger charge is 2.03. The van der Waals surface area contributed by atoms with Gasteiger partial charge in [-0.1, -0.05) is 25.5 Å². The van der Waals surface area contributed by atoms with Crippen LogP contribution < -0.4 is 4.74 Å². The maximum Gasteiger partial charge on any atom is 0.119 e. The third-order valence-electron chi connectivity index (χ3n) is 2.06. The summed E-state index contributed by atoms with van der Waals surface area (Å²) in [6, 6.07) is 8.12. The highest BCUT2D eigenvalue weighted by Crippen LogP contribution is 2.14. The van der Waals surface area contributed by atoms with Crippen molar-refractivity contribution in [2.45, 2.75) is 25.1 Å². The second-order valence-corrected chi connectivity index (χ2v) is 4.38. The summed E-state index contributed by atoms with van der Waals surface area (Å²) in [5, 5.41) is -0.123. The van der Waals surface area contributed by atoms with Gasteiger partial charge in [-0.2, -0.15) is 0 Å². The van der Waals surface area contributed by atoms with Crippen molar-refractivity contribution in [3.63, 3.8) is 0 Å². The summed E-state index contributed by atoms with van der Waals surface area (Å²) in [5.74, 6) is 1.26. The molecule has 15 heavy (non-hydrogen) atoms. The molecule has 0 aliphatic carbocycles. The topological polar surface area (TPSA) is 9.23 Å². The Morgan fingerprint density at radius 1 is 1.27 bits per heavy atom. The molecule has 1 aromatic rings. The molecule has 1 unspecified atom stereocenters. The molecule has 1 aromatic carbocycles. The first-order valence-electron chi connectivity index (χ1n) is 5.18. The molecule has 0 aromatic heterocycles. The van der Waals surface area contributed by atoms with Crippen molar-refractivity contribution in [3.05, 3.63) is 29.8 Å². The Balaban J connectivity index is 2.42. The van der Waals surface area contributed by atoms with Crippen LogP contribution in [0.15, 0.2) is 24.3 Å². The minimum absolute atomic E-state index is 0.123. The van der Waals surface area contributed by atoms with E-state index in [9.17, 15) is 0 Å². The highest BCUT2D eigenvalue weighted by atomic mass is 35.5. The summed E-state index contributed by atoms with van der Waals surface area (Å²) in [5.41, 5.74) is 1.34. The Kier molecular flexibility index (Phi) is 5.89. The minimum Gasteiger partial charge on any atom is -0.492 e. The molecular formula is C12H16Cl2O. The Morgan fingerprint density at radius 3 is 2.47 bits per heavy atom. The molecule has 0 fully saturated rings. The molecule has 0 aliphatic rings. The third-order valence-corrected chi connectivity index (χ3v) is 2.87. The Labute approximate surface area is 101 Å². The zero-order valence-electron chi connectivity index (χ0n) is 8.88. The van der Waals surface area contributed by atoms with Crippen LogP contribution >= 0.6 is 23.2 Å². The standard InChI is InChI=1S/C12H16Cl2O/c1-2-3-10-4-6-12(7-5-10)15-9-11(14)8-13/h4-7,11H,2-3,8-9H2,1H3. The predicted molar refractivity (Wildman–Crippen MR) is 66.3 cm³/mol. The van der Waals surface area contributed by atoms with Crippen molar-refractivity contribution in [3.8, 4) is 5.75 Å².